The van der Waals surface area contributed by atoms with E-state index < -0.39 is 0 Å². The van der Waals surface area contributed by atoms with E-state index in [-0.39, 0.29) is 10.8 Å². The molecule has 0 amide bonds. The predicted molar refractivity (Wildman–Crippen MR) is 80.6 cm³/mol. The average Bonchev–Trinajstić information content (AvgIpc) is 2.38. The second-order valence-corrected chi connectivity index (χ2v) is 7.38. The van der Waals surface area contributed by atoms with Crippen molar-refractivity contribution in [3.63, 3.8) is 0 Å². The van der Waals surface area contributed by atoms with Gasteiger partial charge in [0.1, 0.15) is 0 Å². The smallest absolute Gasteiger partial charge is 0.310 e. The fourth-order valence-electron chi connectivity index (χ4n) is 1.44. The number of hydrogen-bond donors (Lipinski definition) is 1. The molecule has 1 N–H and O–H groups in total. The minimum Gasteiger partial charge on any atom is -0.429 e. The minimum absolute atomic E-state index is 0.0600. The van der Waals surface area contributed by atoms with Crippen molar-refractivity contribution in [3.8, 4) is 0 Å². The number of rotatable bonds is 4. The van der Waals surface area contributed by atoms with Crippen molar-refractivity contribution >= 4 is 16.7 Å². The van der Waals surface area contributed by atoms with Gasteiger partial charge in [0.05, 0.1) is 5.60 Å². The predicted octanol–water partition coefficient (Wildman–Crippen LogP) is 2.57. The highest BCUT2D eigenvalue weighted by Gasteiger charge is 2.33. The maximum atomic E-state index is 6.06. The van der Waals surface area contributed by atoms with E-state index in [9.17, 15) is 0 Å². The zero-order valence-electron chi connectivity index (χ0n) is 11.8. The fraction of sp³-hybridized carbons (Fsp3) is 0.692. The summed E-state index contributed by atoms with van der Waals surface area (Å²) in [6, 6.07) is 0. The Labute approximate surface area is 109 Å². The van der Waals surface area contributed by atoms with Crippen LogP contribution in [0.25, 0.3) is 0 Å². The summed E-state index contributed by atoms with van der Waals surface area (Å²) in [6.07, 6.45) is 5.41. The molecule has 17 heavy (non-hydrogen) atoms. The molecule has 1 unspecified atom stereocenters. The lowest BCUT2D eigenvalue weighted by Gasteiger charge is -2.39. The first-order chi connectivity index (χ1) is 7.72. The summed E-state index contributed by atoms with van der Waals surface area (Å²) in [6.45, 7) is 11.8. The first kappa shape index (κ1) is 14.8. The van der Waals surface area contributed by atoms with Gasteiger partial charge in [0.2, 0.25) is 0 Å². The summed E-state index contributed by atoms with van der Waals surface area (Å²) in [5.74, 6) is 0. The van der Waals surface area contributed by atoms with Gasteiger partial charge < -0.3 is 9.97 Å². The van der Waals surface area contributed by atoms with Crippen LogP contribution in [0.1, 0.15) is 41.0 Å². The van der Waals surface area contributed by atoms with E-state index in [2.05, 4.69) is 61.5 Å². The third kappa shape index (κ3) is 4.48. The summed E-state index contributed by atoms with van der Waals surface area (Å²) in [5, 5.41) is 3.36. The van der Waals surface area contributed by atoms with Gasteiger partial charge in [-0.2, -0.15) is 0 Å². The Morgan fingerprint density at radius 2 is 2.00 bits per heavy atom. The van der Waals surface area contributed by atoms with Crippen LogP contribution in [0.2, 0.25) is 0 Å². The van der Waals surface area contributed by atoms with Crippen LogP contribution in [0.15, 0.2) is 23.3 Å². The minimum atomic E-state index is -0.160. The third-order valence-corrected chi connectivity index (χ3v) is 4.23. The van der Waals surface area contributed by atoms with Gasteiger partial charge in [0.25, 0.3) is 0 Å². The van der Waals surface area contributed by atoms with Crippen molar-refractivity contribution in [2.75, 3.05) is 6.54 Å². The van der Waals surface area contributed by atoms with Gasteiger partial charge in [0.15, 0.2) is 0 Å². The zero-order valence-corrected chi connectivity index (χ0v) is 12.9. The van der Waals surface area contributed by atoms with E-state index in [4.69, 9.17) is 4.65 Å². The summed E-state index contributed by atoms with van der Waals surface area (Å²) < 4.78 is 6.06. The highest BCUT2D eigenvalue weighted by atomic mass is 31.0. The van der Waals surface area contributed by atoms with Crippen LogP contribution in [-0.4, -0.2) is 24.8 Å². The first-order valence-corrected chi connectivity index (χ1v) is 6.82. The number of hydrogen-bond acceptors (Lipinski definition) is 2. The van der Waals surface area contributed by atoms with Crippen molar-refractivity contribution < 1.29 is 4.65 Å². The molecule has 96 valence electrons. The molecule has 0 aliphatic carbocycles. The van der Waals surface area contributed by atoms with E-state index in [1.54, 1.807) is 0 Å². The Hall–Kier alpha value is -0.265. The molecule has 0 fully saturated rings. The third-order valence-electron chi connectivity index (χ3n) is 3.53. The van der Waals surface area contributed by atoms with Gasteiger partial charge in [-0.1, -0.05) is 25.5 Å². The van der Waals surface area contributed by atoms with Crippen LogP contribution < -0.4 is 5.32 Å². The Morgan fingerprint density at radius 3 is 2.59 bits per heavy atom. The molecule has 2 nitrogen and oxygen atoms in total. The van der Waals surface area contributed by atoms with Crippen molar-refractivity contribution in [1.82, 2.24) is 5.32 Å². The average molecular weight is 253 g/mol. The lowest BCUT2D eigenvalue weighted by Crippen LogP contribution is -2.43. The first-order valence-electron chi connectivity index (χ1n) is 6.25. The van der Waals surface area contributed by atoms with E-state index in [1.807, 2.05) is 0 Å². The van der Waals surface area contributed by atoms with Crippen LogP contribution in [-0.2, 0) is 4.65 Å². The van der Waals surface area contributed by atoms with Gasteiger partial charge in [-0.05, 0) is 38.9 Å². The van der Waals surface area contributed by atoms with Crippen molar-refractivity contribution in [2.45, 2.75) is 51.8 Å². The maximum Gasteiger partial charge on any atom is 0.310 e. The molecular weight excluding hydrogens is 228 g/mol. The molecule has 0 spiro atoms. The molecule has 1 aliphatic rings. The SMILES string of the molecule is CC1=CC(BOC(C)(C)C(C)(C)P)=CNCC1. The normalized spacial score (nSPS) is 17.8. The van der Waals surface area contributed by atoms with Crippen LogP contribution in [0, 0.1) is 0 Å². The van der Waals surface area contributed by atoms with Crippen LogP contribution in [0.5, 0.6) is 0 Å². The Morgan fingerprint density at radius 1 is 1.35 bits per heavy atom. The van der Waals surface area contributed by atoms with Gasteiger partial charge in [-0.3, -0.25) is 0 Å². The van der Waals surface area contributed by atoms with Crippen LogP contribution in [0.4, 0.5) is 0 Å². The molecule has 0 saturated heterocycles. The van der Waals surface area contributed by atoms with Gasteiger partial charge >= 0.3 is 7.48 Å². The van der Waals surface area contributed by atoms with Crippen LogP contribution >= 0.6 is 9.24 Å². The molecule has 1 heterocycles. The molecule has 0 aromatic carbocycles. The number of allylic oxidation sites excluding steroid dienone is 2. The molecule has 1 aliphatic heterocycles. The molecule has 1 rings (SSSR count). The molecular formula is C13H25BNOP. The molecule has 0 aromatic heterocycles. The lowest BCUT2D eigenvalue weighted by atomic mass is 9.83. The van der Waals surface area contributed by atoms with Crippen molar-refractivity contribution in [1.29, 1.82) is 0 Å². The van der Waals surface area contributed by atoms with E-state index in [0.29, 0.717) is 7.48 Å². The Balaban J connectivity index is 2.61. The van der Waals surface area contributed by atoms with Gasteiger partial charge in [0, 0.05) is 11.7 Å². The lowest BCUT2D eigenvalue weighted by molar-refractivity contribution is 0.0832. The summed E-state index contributed by atoms with van der Waals surface area (Å²) in [4.78, 5) is 0. The highest BCUT2D eigenvalue weighted by molar-refractivity contribution is 7.19. The highest BCUT2D eigenvalue weighted by Crippen LogP contribution is 2.33. The van der Waals surface area contributed by atoms with E-state index in [1.165, 1.54) is 11.0 Å². The summed E-state index contributed by atoms with van der Waals surface area (Å²) >= 11 is 0. The molecule has 4 heteroatoms. The van der Waals surface area contributed by atoms with E-state index >= 15 is 0 Å². The number of nitrogens with one attached hydrogen (secondary N) is 1. The fourth-order valence-corrected chi connectivity index (χ4v) is 1.52. The van der Waals surface area contributed by atoms with Gasteiger partial charge in [-0.25, -0.2) is 0 Å². The summed E-state index contributed by atoms with van der Waals surface area (Å²) in [5.41, 5.74) is 2.47. The molecule has 0 bridgehead atoms. The van der Waals surface area contributed by atoms with Crippen molar-refractivity contribution in [3.05, 3.63) is 23.3 Å². The van der Waals surface area contributed by atoms with Crippen LogP contribution in [0.3, 0.4) is 0 Å². The summed E-state index contributed by atoms with van der Waals surface area (Å²) in [7, 11) is 3.53. The topological polar surface area (TPSA) is 21.3 Å². The Bertz CT molecular complexity index is 329. The largest absolute Gasteiger partial charge is 0.429 e. The quantitative estimate of drug-likeness (QED) is 0.614. The Kier molecular flexibility index (Phi) is 4.86. The second kappa shape index (κ2) is 5.58. The molecule has 0 radical (unpaired) electrons. The monoisotopic (exact) mass is 253 g/mol. The van der Waals surface area contributed by atoms with Gasteiger partial charge in [-0.15, -0.1) is 9.24 Å². The molecule has 1 atom stereocenters. The molecule has 0 aromatic rings. The maximum absolute atomic E-state index is 6.06. The standard InChI is InChI=1S/C13H25BNOP/c1-10-6-7-15-9-11(8-10)14-16-12(2,3)13(4,5)17/h8-9,14-15H,6-7,17H2,1-5H3. The van der Waals surface area contributed by atoms with E-state index in [0.717, 1.165) is 13.0 Å². The van der Waals surface area contributed by atoms with Crippen molar-refractivity contribution in [2.24, 2.45) is 0 Å². The molecule has 0 saturated carbocycles. The zero-order chi connectivity index (χ0) is 13.1. The second-order valence-electron chi connectivity index (χ2n) is 5.93.